The molecule has 7 heteroatoms. The second-order valence-corrected chi connectivity index (χ2v) is 5.96. The van der Waals surface area contributed by atoms with Gasteiger partial charge in [-0.1, -0.05) is 36.0 Å². The molecule has 1 heterocycles. The number of anilines is 1. The van der Waals surface area contributed by atoms with E-state index in [4.69, 9.17) is 4.42 Å². The largest absolute Gasteiger partial charge is 0.411 e. The van der Waals surface area contributed by atoms with Gasteiger partial charge in [0.15, 0.2) is 0 Å². The molecule has 24 heavy (non-hydrogen) atoms. The fourth-order valence-electron chi connectivity index (χ4n) is 2.08. The molecule has 3 rings (SSSR count). The second kappa shape index (κ2) is 7.27. The number of rotatable bonds is 5. The summed E-state index contributed by atoms with van der Waals surface area (Å²) in [5.74, 6) is -0.172. The molecule has 5 nitrogen and oxygen atoms in total. The number of aryl methyl sites for hydroxylation is 1. The zero-order valence-corrected chi connectivity index (χ0v) is 13.6. The van der Waals surface area contributed by atoms with Gasteiger partial charge in [0, 0.05) is 11.3 Å². The molecule has 0 bridgehead atoms. The lowest BCUT2D eigenvalue weighted by molar-refractivity contribution is -0.113. The van der Waals surface area contributed by atoms with Gasteiger partial charge in [-0.15, -0.1) is 10.2 Å². The average molecular weight is 343 g/mol. The zero-order chi connectivity index (χ0) is 16.9. The molecule has 1 amide bonds. The number of nitrogens with one attached hydrogen (secondary N) is 1. The van der Waals surface area contributed by atoms with Gasteiger partial charge in [-0.3, -0.25) is 4.79 Å². The van der Waals surface area contributed by atoms with Crippen LogP contribution >= 0.6 is 11.8 Å². The molecule has 2 aromatic carbocycles. The first-order chi connectivity index (χ1) is 11.6. The third-order valence-corrected chi connectivity index (χ3v) is 4.04. The van der Waals surface area contributed by atoms with Gasteiger partial charge >= 0.3 is 0 Å². The molecule has 0 spiro atoms. The Balaban J connectivity index is 1.59. The molecule has 0 aliphatic heterocycles. The van der Waals surface area contributed by atoms with Crippen molar-refractivity contribution in [3.63, 3.8) is 0 Å². The van der Waals surface area contributed by atoms with Crippen molar-refractivity contribution in [1.82, 2.24) is 10.2 Å². The van der Waals surface area contributed by atoms with Gasteiger partial charge in [0.05, 0.1) is 5.75 Å². The van der Waals surface area contributed by atoms with Gasteiger partial charge in [-0.2, -0.15) is 0 Å². The summed E-state index contributed by atoms with van der Waals surface area (Å²) in [5.41, 5.74) is 2.30. The van der Waals surface area contributed by atoms with E-state index in [0.717, 1.165) is 22.9 Å². The number of hydrogen-bond acceptors (Lipinski definition) is 5. The topological polar surface area (TPSA) is 68.0 Å². The molecule has 0 unspecified atom stereocenters. The maximum Gasteiger partial charge on any atom is 0.277 e. The van der Waals surface area contributed by atoms with Gasteiger partial charge in [-0.05, 0) is 36.8 Å². The van der Waals surface area contributed by atoms with E-state index in [9.17, 15) is 9.18 Å². The van der Waals surface area contributed by atoms with Gasteiger partial charge in [0.1, 0.15) is 5.82 Å². The van der Waals surface area contributed by atoms with Crippen molar-refractivity contribution in [3.8, 4) is 11.5 Å². The van der Waals surface area contributed by atoms with E-state index in [-0.39, 0.29) is 11.7 Å². The van der Waals surface area contributed by atoms with Gasteiger partial charge in [0.2, 0.25) is 11.8 Å². The summed E-state index contributed by atoms with van der Waals surface area (Å²) < 4.78 is 18.6. The Hall–Kier alpha value is -2.67. The van der Waals surface area contributed by atoms with Crippen LogP contribution < -0.4 is 5.32 Å². The van der Waals surface area contributed by atoms with Crippen LogP contribution in [0.3, 0.4) is 0 Å². The molecule has 0 saturated carbocycles. The van der Waals surface area contributed by atoms with E-state index < -0.39 is 5.82 Å². The number of benzene rings is 2. The van der Waals surface area contributed by atoms with Crippen LogP contribution in [0.15, 0.2) is 58.2 Å². The smallest absolute Gasteiger partial charge is 0.277 e. The van der Waals surface area contributed by atoms with Crippen molar-refractivity contribution in [3.05, 3.63) is 59.9 Å². The maximum absolute atomic E-state index is 13.1. The first-order valence-corrected chi connectivity index (χ1v) is 8.18. The predicted molar refractivity (Wildman–Crippen MR) is 90.2 cm³/mol. The van der Waals surface area contributed by atoms with Crippen molar-refractivity contribution in [2.45, 2.75) is 12.1 Å². The first kappa shape index (κ1) is 16.2. The summed E-state index contributed by atoms with van der Waals surface area (Å²) >= 11 is 1.13. The molecule has 0 saturated heterocycles. The highest BCUT2D eigenvalue weighted by molar-refractivity contribution is 7.99. The molecule has 0 radical (unpaired) electrons. The Kier molecular flexibility index (Phi) is 4.90. The van der Waals surface area contributed by atoms with Crippen molar-refractivity contribution >= 4 is 23.4 Å². The lowest BCUT2D eigenvalue weighted by Crippen LogP contribution is -2.14. The number of thioether (sulfide) groups is 1. The Morgan fingerprint density at radius 1 is 1.21 bits per heavy atom. The third-order valence-electron chi connectivity index (χ3n) is 3.22. The number of hydrogen-bond donors (Lipinski definition) is 1. The predicted octanol–water partition coefficient (Wildman–Crippen LogP) is 3.91. The second-order valence-electron chi connectivity index (χ2n) is 5.04. The highest BCUT2D eigenvalue weighted by atomic mass is 32.2. The highest BCUT2D eigenvalue weighted by Crippen LogP contribution is 2.25. The monoisotopic (exact) mass is 343 g/mol. The van der Waals surface area contributed by atoms with Gasteiger partial charge in [-0.25, -0.2) is 4.39 Å². The van der Waals surface area contributed by atoms with Crippen LogP contribution in [0.1, 0.15) is 5.56 Å². The van der Waals surface area contributed by atoms with Crippen LogP contribution in [-0.4, -0.2) is 21.9 Å². The summed E-state index contributed by atoms with van der Waals surface area (Å²) in [6.07, 6.45) is 0. The van der Waals surface area contributed by atoms with E-state index >= 15 is 0 Å². The quantitative estimate of drug-likeness (QED) is 0.711. The van der Waals surface area contributed by atoms with Crippen LogP contribution in [0.2, 0.25) is 0 Å². The normalized spacial score (nSPS) is 10.6. The van der Waals surface area contributed by atoms with Crippen molar-refractivity contribution < 1.29 is 13.6 Å². The van der Waals surface area contributed by atoms with Crippen LogP contribution in [0.4, 0.5) is 10.1 Å². The molecular weight excluding hydrogens is 329 g/mol. The standard InChI is InChI=1S/C17H14FN3O2S/c1-11-5-2-3-8-14(11)16-20-21-17(23-16)24-10-15(22)19-13-7-4-6-12(18)9-13/h2-9H,10H2,1H3,(H,19,22). The van der Waals surface area contributed by atoms with Gasteiger partial charge < -0.3 is 9.73 Å². The van der Waals surface area contributed by atoms with Crippen molar-refractivity contribution in [1.29, 1.82) is 0 Å². The van der Waals surface area contributed by atoms with Crippen LogP contribution in [0.25, 0.3) is 11.5 Å². The highest BCUT2D eigenvalue weighted by Gasteiger charge is 2.12. The molecule has 1 aromatic heterocycles. The van der Waals surface area contributed by atoms with Crippen LogP contribution in [0.5, 0.6) is 0 Å². The average Bonchev–Trinajstić information content (AvgIpc) is 3.02. The zero-order valence-electron chi connectivity index (χ0n) is 12.8. The minimum absolute atomic E-state index is 0.0892. The summed E-state index contributed by atoms with van der Waals surface area (Å²) in [4.78, 5) is 11.9. The van der Waals surface area contributed by atoms with E-state index in [0.29, 0.717) is 16.8 Å². The van der Waals surface area contributed by atoms with Crippen molar-refractivity contribution in [2.24, 2.45) is 0 Å². The van der Waals surface area contributed by atoms with Crippen molar-refractivity contribution in [2.75, 3.05) is 11.1 Å². The fourth-order valence-corrected chi connectivity index (χ4v) is 2.64. The number of nitrogens with zero attached hydrogens (tertiary/aromatic N) is 2. The molecule has 0 aliphatic carbocycles. The molecular formula is C17H14FN3O2S. The lowest BCUT2D eigenvalue weighted by Gasteiger charge is -2.03. The number of carbonyl (C=O) groups excluding carboxylic acids is 1. The Morgan fingerprint density at radius 2 is 2.04 bits per heavy atom. The molecule has 1 N–H and O–H groups in total. The van der Waals surface area contributed by atoms with Crippen LogP contribution in [-0.2, 0) is 4.79 Å². The lowest BCUT2D eigenvalue weighted by atomic mass is 10.1. The number of amides is 1. The molecule has 0 atom stereocenters. The molecule has 0 fully saturated rings. The number of halogens is 1. The Bertz CT molecular complexity index is 866. The van der Waals surface area contributed by atoms with E-state index in [1.54, 1.807) is 6.07 Å². The number of carbonyl (C=O) groups is 1. The van der Waals surface area contributed by atoms with E-state index in [1.807, 2.05) is 31.2 Å². The summed E-state index contributed by atoms with van der Waals surface area (Å²) in [6, 6.07) is 13.4. The summed E-state index contributed by atoms with van der Waals surface area (Å²) in [7, 11) is 0. The number of aromatic nitrogens is 2. The summed E-state index contributed by atoms with van der Waals surface area (Å²) in [5, 5.41) is 10.9. The minimum atomic E-state index is -0.403. The molecule has 122 valence electrons. The Labute approximate surface area is 142 Å². The third kappa shape index (κ3) is 3.99. The van der Waals surface area contributed by atoms with Crippen LogP contribution in [0, 0.1) is 12.7 Å². The molecule has 0 aliphatic rings. The van der Waals surface area contributed by atoms with E-state index in [1.165, 1.54) is 18.2 Å². The summed E-state index contributed by atoms with van der Waals surface area (Å²) in [6.45, 7) is 1.96. The maximum atomic E-state index is 13.1. The van der Waals surface area contributed by atoms with Gasteiger partial charge in [0.25, 0.3) is 5.22 Å². The SMILES string of the molecule is Cc1ccccc1-c1nnc(SCC(=O)Nc2cccc(F)c2)o1. The first-order valence-electron chi connectivity index (χ1n) is 7.19. The minimum Gasteiger partial charge on any atom is -0.411 e. The fraction of sp³-hybridized carbons (Fsp3) is 0.118. The van der Waals surface area contributed by atoms with E-state index in [2.05, 4.69) is 15.5 Å². The Morgan fingerprint density at radius 3 is 2.83 bits per heavy atom. The molecule has 3 aromatic rings.